The van der Waals surface area contributed by atoms with E-state index in [1.807, 2.05) is 37.3 Å². The van der Waals surface area contributed by atoms with Crippen LogP contribution >= 0.6 is 27.5 Å². The first-order valence-corrected chi connectivity index (χ1v) is 7.18. The zero-order chi connectivity index (χ0) is 14.3. The quantitative estimate of drug-likeness (QED) is 0.810. The topological polar surface area (TPSA) is 41.5 Å². The first-order chi connectivity index (χ1) is 9.56. The van der Waals surface area contributed by atoms with E-state index in [4.69, 9.17) is 11.6 Å². The number of amides is 1. The zero-order valence-corrected chi connectivity index (χ0v) is 12.9. The van der Waals surface area contributed by atoms with Crippen LogP contribution in [0.4, 0.5) is 11.4 Å². The molecule has 100 valence electrons. The van der Waals surface area contributed by atoms with Crippen molar-refractivity contribution in [1.29, 1.82) is 0 Å². The Kier molecular flexibility index (Phi) is 3.36. The van der Waals surface area contributed by atoms with E-state index in [9.17, 15) is 4.79 Å². The summed E-state index contributed by atoms with van der Waals surface area (Å²) in [4.78, 5) is 16.5. The molecule has 20 heavy (non-hydrogen) atoms. The molecule has 1 N–H and O–H groups in total. The number of benzene rings is 2. The smallest absolute Gasteiger partial charge is 0.275 e. The number of carbonyl (C=O) groups is 1. The highest BCUT2D eigenvalue weighted by Gasteiger charge is 2.27. The average Bonchev–Trinajstić information content (AvgIpc) is 2.73. The van der Waals surface area contributed by atoms with E-state index in [0.29, 0.717) is 16.4 Å². The largest absolute Gasteiger partial charge is 0.319 e. The van der Waals surface area contributed by atoms with E-state index in [0.717, 1.165) is 21.3 Å². The minimum atomic E-state index is -0.228. The van der Waals surface area contributed by atoms with Crippen LogP contribution in [0.1, 0.15) is 11.1 Å². The standard InChI is InChI=1S/C15H10BrClN2O/c1-8-7-9(5-6-11(8)16)18-14-10-3-2-4-12(17)13(10)19-15(14)20/h2-7H,1H3,(H,18,19,20). The van der Waals surface area contributed by atoms with Crippen LogP contribution in [0.25, 0.3) is 0 Å². The lowest BCUT2D eigenvalue weighted by Crippen LogP contribution is -2.13. The van der Waals surface area contributed by atoms with E-state index in [2.05, 4.69) is 26.2 Å². The van der Waals surface area contributed by atoms with Crippen molar-refractivity contribution in [3.8, 4) is 0 Å². The summed E-state index contributed by atoms with van der Waals surface area (Å²) in [5.74, 6) is -0.228. The lowest BCUT2D eigenvalue weighted by atomic mass is 10.1. The molecule has 1 aliphatic heterocycles. The Labute approximate surface area is 129 Å². The third-order valence-electron chi connectivity index (χ3n) is 3.10. The molecule has 1 amide bonds. The molecule has 0 fully saturated rings. The van der Waals surface area contributed by atoms with Crippen LogP contribution in [0.3, 0.4) is 0 Å². The fourth-order valence-corrected chi connectivity index (χ4v) is 2.55. The van der Waals surface area contributed by atoms with E-state index in [1.165, 1.54) is 0 Å². The van der Waals surface area contributed by atoms with E-state index >= 15 is 0 Å². The Balaban J connectivity index is 2.11. The van der Waals surface area contributed by atoms with Crippen molar-refractivity contribution in [1.82, 2.24) is 0 Å². The van der Waals surface area contributed by atoms with Gasteiger partial charge in [0.05, 0.1) is 16.4 Å². The second-order valence-electron chi connectivity index (χ2n) is 4.51. The number of halogens is 2. The van der Waals surface area contributed by atoms with Crippen LogP contribution in [0.5, 0.6) is 0 Å². The van der Waals surface area contributed by atoms with Gasteiger partial charge in [0.1, 0.15) is 5.71 Å². The van der Waals surface area contributed by atoms with Crippen LogP contribution in [0.15, 0.2) is 45.9 Å². The summed E-state index contributed by atoms with van der Waals surface area (Å²) in [6.45, 7) is 1.98. The summed E-state index contributed by atoms with van der Waals surface area (Å²) in [5, 5.41) is 3.27. The van der Waals surface area contributed by atoms with E-state index in [-0.39, 0.29) is 5.91 Å². The summed E-state index contributed by atoms with van der Waals surface area (Å²) in [5.41, 5.74) is 3.57. The van der Waals surface area contributed by atoms with Crippen LogP contribution in [0, 0.1) is 6.92 Å². The predicted octanol–water partition coefficient (Wildman–Crippen LogP) is 4.48. The van der Waals surface area contributed by atoms with Gasteiger partial charge in [0, 0.05) is 10.0 Å². The number of carbonyl (C=O) groups excluding carboxylic acids is 1. The summed E-state index contributed by atoms with van der Waals surface area (Å²) < 4.78 is 1.01. The van der Waals surface area contributed by atoms with E-state index < -0.39 is 0 Å². The minimum absolute atomic E-state index is 0.228. The van der Waals surface area contributed by atoms with Crippen molar-refractivity contribution in [2.75, 3.05) is 5.32 Å². The lowest BCUT2D eigenvalue weighted by molar-refractivity contribution is -0.110. The van der Waals surface area contributed by atoms with Crippen molar-refractivity contribution < 1.29 is 4.79 Å². The highest BCUT2D eigenvalue weighted by molar-refractivity contribution is 9.10. The Bertz CT molecular complexity index is 756. The molecule has 2 aromatic carbocycles. The van der Waals surface area contributed by atoms with Crippen molar-refractivity contribution >= 4 is 50.5 Å². The molecule has 2 aromatic rings. The maximum absolute atomic E-state index is 12.0. The molecule has 0 atom stereocenters. The molecule has 5 heteroatoms. The number of rotatable bonds is 1. The maximum atomic E-state index is 12.0. The van der Waals surface area contributed by atoms with Gasteiger partial charge in [-0.25, -0.2) is 4.99 Å². The van der Waals surface area contributed by atoms with Gasteiger partial charge in [0.2, 0.25) is 0 Å². The number of anilines is 1. The Morgan fingerprint density at radius 1 is 1.25 bits per heavy atom. The number of para-hydroxylation sites is 1. The minimum Gasteiger partial charge on any atom is -0.319 e. The molecular weight excluding hydrogens is 340 g/mol. The fourth-order valence-electron chi connectivity index (χ4n) is 2.08. The van der Waals surface area contributed by atoms with E-state index in [1.54, 1.807) is 6.07 Å². The highest BCUT2D eigenvalue weighted by atomic mass is 79.9. The molecule has 3 rings (SSSR count). The fraction of sp³-hybridized carbons (Fsp3) is 0.0667. The van der Waals surface area contributed by atoms with Gasteiger partial charge < -0.3 is 5.32 Å². The Morgan fingerprint density at radius 2 is 2.05 bits per heavy atom. The maximum Gasteiger partial charge on any atom is 0.275 e. The molecule has 0 aromatic heterocycles. The summed E-state index contributed by atoms with van der Waals surface area (Å²) in [7, 11) is 0. The number of aliphatic imine (C=N–C) groups is 1. The third kappa shape index (κ3) is 2.25. The van der Waals surface area contributed by atoms with Gasteiger partial charge in [-0.3, -0.25) is 4.79 Å². The molecule has 3 nitrogen and oxygen atoms in total. The van der Waals surface area contributed by atoms with Crippen LogP contribution in [-0.2, 0) is 4.79 Å². The Hall–Kier alpha value is -1.65. The second kappa shape index (κ2) is 5.04. The van der Waals surface area contributed by atoms with Gasteiger partial charge in [-0.2, -0.15) is 0 Å². The van der Waals surface area contributed by atoms with Gasteiger partial charge in [-0.15, -0.1) is 0 Å². The van der Waals surface area contributed by atoms with Crippen LogP contribution in [-0.4, -0.2) is 11.6 Å². The van der Waals surface area contributed by atoms with Crippen molar-refractivity contribution in [3.05, 3.63) is 57.0 Å². The van der Waals surface area contributed by atoms with Crippen LogP contribution in [0.2, 0.25) is 5.02 Å². The van der Waals surface area contributed by atoms with Crippen molar-refractivity contribution in [2.24, 2.45) is 4.99 Å². The lowest BCUT2D eigenvalue weighted by Gasteiger charge is -2.01. The highest BCUT2D eigenvalue weighted by Crippen LogP contribution is 2.32. The molecule has 0 saturated heterocycles. The Morgan fingerprint density at radius 3 is 2.80 bits per heavy atom. The van der Waals surface area contributed by atoms with Crippen LogP contribution < -0.4 is 5.32 Å². The molecule has 1 heterocycles. The number of aryl methyl sites for hydroxylation is 1. The number of hydrogen-bond acceptors (Lipinski definition) is 2. The predicted molar refractivity (Wildman–Crippen MR) is 85.2 cm³/mol. The molecular formula is C15H10BrClN2O. The first-order valence-electron chi connectivity index (χ1n) is 6.01. The van der Waals surface area contributed by atoms with Gasteiger partial charge in [-0.05, 0) is 36.8 Å². The zero-order valence-electron chi connectivity index (χ0n) is 10.6. The van der Waals surface area contributed by atoms with Gasteiger partial charge in [0.15, 0.2) is 0 Å². The normalized spacial score (nSPS) is 15.3. The van der Waals surface area contributed by atoms with Gasteiger partial charge in [-0.1, -0.05) is 39.7 Å². The number of fused-ring (bicyclic) bond motifs is 1. The SMILES string of the molecule is Cc1cc(N=C2C(=O)Nc3c(Cl)cccc32)ccc1Br. The number of hydrogen-bond donors (Lipinski definition) is 1. The summed E-state index contributed by atoms with van der Waals surface area (Å²) in [6, 6.07) is 11.1. The monoisotopic (exact) mass is 348 g/mol. The van der Waals surface area contributed by atoms with Gasteiger partial charge in [0.25, 0.3) is 5.91 Å². The molecule has 0 aliphatic carbocycles. The summed E-state index contributed by atoms with van der Waals surface area (Å²) >= 11 is 9.52. The number of nitrogens with zero attached hydrogens (tertiary/aromatic N) is 1. The summed E-state index contributed by atoms with van der Waals surface area (Å²) in [6.07, 6.45) is 0. The van der Waals surface area contributed by atoms with Crippen molar-refractivity contribution in [2.45, 2.75) is 6.92 Å². The van der Waals surface area contributed by atoms with Gasteiger partial charge >= 0.3 is 0 Å². The third-order valence-corrected chi connectivity index (χ3v) is 4.31. The molecule has 1 aliphatic rings. The molecule has 0 bridgehead atoms. The number of nitrogens with one attached hydrogen (secondary N) is 1. The average molecular weight is 350 g/mol. The molecule has 0 spiro atoms. The van der Waals surface area contributed by atoms with Crippen molar-refractivity contribution in [3.63, 3.8) is 0 Å². The molecule has 0 radical (unpaired) electrons. The molecule has 0 unspecified atom stereocenters. The molecule has 0 saturated carbocycles. The second-order valence-corrected chi connectivity index (χ2v) is 5.77. The first kappa shape index (κ1) is 13.3.